The van der Waals surface area contributed by atoms with Gasteiger partial charge in [-0.3, -0.25) is 0 Å². The third kappa shape index (κ3) is 3.74. The predicted octanol–water partition coefficient (Wildman–Crippen LogP) is -2.23. The average Bonchev–Trinajstić information content (AvgIpc) is 2.53. The van der Waals surface area contributed by atoms with E-state index in [2.05, 4.69) is 22.0 Å². The number of hydrogen-bond acceptors (Lipinski definition) is 5. The van der Waals surface area contributed by atoms with Crippen LogP contribution < -0.4 is 26.7 Å². The Bertz CT molecular complexity index is 493. The van der Waals surface area contributed by atoms with E-state index in [0.717, 1.165) is 25.3 Å². The predicted molar refractivity (Wildman–Crippen MR) is 73.0 cm³/mol. The second kappa shape index (κ2) is 7.04. The van der Waals surface area contributed by atoms with Crippen LogP contribution in [0, 0.1) is 5.92 Å². The van der Waals surface area contributed by atoms with Crippen LogP contribution in [0.5, 0.6) is 0 Å². The molecule has 116 valence electrons. The molecule has 0 spiro atoms. The number of nitrogens with zero attached hydrogens (tertiary/aromatic N) is 2. The first-order valence-electron chi connectivity index (χ1n) is 7.12. The summed E-state index contributed by atoms with van der Waals surface area (Å²) in [5, 5.41) is 11.2. The van der Waals surface area contributed by atoms with Gasteiger partial charge < -0.3 is 0 Å². The van der Waals surface area contributed by atoms with Crippen LogP contribution in [0.15, 0.2) is 35.3 Å². The van der Waals surface area contributed by atoms with E-state index in [1.54, 1.807) is 0 Å². The molecule has 0 aromatic heterocycles. The summed E-state index contributed by atoms with van der Waals surface area (Å²) in [6.07, 6.45) is -0.00282. The molecule has 2 fully saturated rings. The Balaban J connectivity index is 1.80. The summed E-state index contributed by atoms with van der Waals surface area (Å²) in [5.74, 6) is 0.105. The molecule has 0 aliphatic carbocycles. The molecular weight excluding hydrogens is 383 g/mol. The summed E-state index contributed by atoms with van der Waals surface area (Å²) in [4.78, 5) is 6.44. The summed E-state index contributed by atoms with van der Waals surface area (Å²) < 4.78 is 12.0. The molecule has 0 N–H and O–H groups in total. The molecule has 0 radical (unpaired) electrons. The monoisotopic (exact) mass is 402 g/mol. The molecule has 2 saturated heterocycles. The molecule has 3 rings (SSSR count). The van der Waals surface area contributed by atoms with Crippen LogP contribution >= 0.6 is 0 Å². The van der Waals surface area contributed by atoms with Gasteiger partial charge in [0.1, 0.15) is 0 Å². The van der Waals surface area contributed by atoms with Crippen LogP contribution in [0.4, 0.5) is 0 Å². The fourth-order valence-electron chi connectivity index (χ4n) is 2.71. The van der Waals surface area contributed by atoms with Crippen molar-refractivity contribution in [1.82, 2.24) is 4.90 Å². The Morgan fingerprint density at radius 2 is 2.24 bits per heavy atom. The summed E-state index contributed by atoms with van der Waals surface area (Å²) in [5.41, 5.74) is 1.16. The number of aliphatic imine (C=N–C) groups is 1. The molecule has 2 aliphatic rings. The maximum atomic E-state index is 11.2. The first-order chi connectivity index (χ1) is 10.2. The molecule has 2 aliphatic heterocycles. The van der Waals surface area contributed by atoms with E-state index in [-0.39, 0.29) is 22.2 Å². The zero-order valence-corrected chi connectivity index (χ0v) is 14.1. The van der Waals surface area contributed by atoms with Gasteiger partial charge in [0.05, 0.1) is 0 Å². The number of ether oxygens (including phenoxy) is 1. The fraction of sp³-hybridized carbons (Fsp3) is 0.533. The number of hydrogen-bond donors (Lipinski definition) is 0. The van der Waals surface area contributed by atoms with Gasteiger partial charge in [0.15, 0.2) is 0 Å². The zero-order chi connectivity index (χ0) is 14.7. The van der Waals surface area contributed by atoms with Gasteiger partial charge in [-0.2, -0.15) is 0 Å². The van der Waals surface area contributed by atoms with Crippen molar-refractivity contribution < 1.29 is 34.5 Å². The topological polar surface area (TPSA) is 57.1 Å². The van der Waals surface area contributed by atoms with Gasteiger partial charge in [-0.1, -0.05) is 0 Å². The van der Waals surface area contributed by atoms with Gasteiger partial charge in [0.2, 0.25) is 0 Å². The van der Waals surface area contributed by atoms with E-state index in [9.17, 15) is 5.11 Å². The molecule has 3 atom stereocenters. The van der Waals surface area contributed by atoms with Crippen molar-refractivity contribution in [2.75, 3.05) is 26.2 Å². The fourth-order valence-corrected chi connectivity index (χ4v) is 4.73. The van der Waals surface area contributed by atoms with E-state index >= 15 is 0 Å². The van der Waals surface area contributed by atoms with Gasteiger partial charge in [0, 0.05) is 0 Å². The standard InChI is InChI=1S/C15H20IN2O3/c1-11(19)17-9-13-10-18-7-8-20-16-15(18)21-14(13)12-5-3-2-4-6-12/h2-6,13-15H,7-10H2,1H3,(H,17,19)/q-1/p-1/t13-,14+,15?/m0/s1. The molecule has 5 nitrogen and oxygen atoms in total. The number of halogens is 1. The number of benzene rings is 1. The summed E-state index contributed by atoms with van der Waals surface area (Å²) in [6.45, 7) is 4.65. The normalized spacial score (nSPS) is 31.3. The molecule has 1 unspecified atom stereocenters. The number of alkyl halides is 1. The molecular formula is C15H19IN2O3-2. The molecule has 0 amide bonds. The van der Waals surface area contributed by atoms with E-state index < -0.39 is 21.6 Å². The number of fused-ring (bicyclic) bond motifs is 1. The summed E-state index contributed by atoms with van der Waals surface area (Å²) in [7, 11) is 0. The molecule has 6 heteroatoms. The first kappa shape index (κ1) is 15.2. The Labute approximate surface area is 135 Å². The summed E-state index contributed by atoms with van der Waals surface area (Å²) in [6, 6.07) is 10.2. The van der Waals surface area contributed by atoms with Crippen molar-refractivity contribution in [3.05, 3.63) is 35.9 Å². The second-order valence-electron chi connectivity index (χ2n) is 5.28. The van der Waals surface area contributed by atoms with Crippen LogP contribution in [-0.2, 0) is 7.80 Å². The van der Waals surface area contributed by atoms with Gasteiger partial charge in [-0.25, -0.2) is 0 Å². The van der Waals surface area contributed by atoms with Gasteiger partial charge in [0.25, 0.3) is 0 Å². The molecule has 2 heterocycles. The van der Waals surface area contributed by atoms with Crippen LogP contribution in [-0.4, -0.2) is 41.3 Å². The average molecular weight is 402 g/mol. The molecule has 0 saturated carbocycles. The van der Waals surface area contributed by atoms with Crippen LogP contribution in [0.2, 0.25) is 0 Å². The Morgan fingerprint density at radius 1 is 1.43 bits per heavy atom. The van der Waals surface area contributed by atoms with Crippen LogP contribution in [0.3, 0.4) is 0 Å². The first-order valence-corrected chi connectivity index (χ1v) is 9.24. The van der Waals surface area contributed by atoms with Crippen LogP contribution in [0.25, 0.3) is 0 Å². The molecule has 1 aromatic carbocycles. The second-order valence-corrected chi connectivity index (χ2v) is 7.47. The van der Waals surface area contributed by atoms with Crippen molar-refractivity contribution in [3.8, 4) is 0 Å². The molecule has 1 aromatic rings. The van der Waals surface area contributed by atoms with E-state index in [0.29, 0.717) is 6.54 Å². The third-order valence-electron chi connectivity index (χ3n) is 3.71. The van der Waals surface area contributed by atoms with Gasteiger partial charge >= 0.3 is 136 Å². The Kier molecular flexibility index (Phi) is 5.10. The maximum absolute atomic E-state index is 11.2. The quantitative estimate of drug-likeness (QED) is 0.189. The van der Waals surface area contributed by atoms with Gasteiger partial charge in [-0.15, -0.1) is 0 Å². The molecule has 0 bridgehead atoms. The number of rotatable bonds is 3. The summed E-state index contributed by atoms with van der Waals surface area (Å²) >= 11 is -0.402. The van der Waals surface area contributed by atoms with Crippen molar-refractivity contribution in [2.24, 2.45) is 10.9 Å². The minimum absolute atomic E-state index is 0.00282. The van der Waals surface area contributed by atoms with Crippen molar-refractivity contribution in [1.29, 1.82) is 0 Å². The SMILES string of the molecule is CC([O-])=NC[C@H]1CN2CCO[I-]C2O[C@@H]1c1ccccc1. The zero-order valence-electron chi connectivity index (χ0n) is 11.9. The van der Waals surface area contributed by atoms with Crippen molar-refractivity contribution in [2.45, 2.75) is 17.3 Å². The van der Waals surface area contributed by atoms with Crippen LogP contribution in [0.1, 0.15) is 18.6 Å². The van der Waals surface area contributed by atoms with Gasteiger partial charge in [-0.05, 0) is 0 Å². The van der Waals surface area contributed by atoms with E-state index in [1.165, 1.54) is 6.92 Å². The minimum atomic E-state index is -0.402. The molecule has 21 heavy (non-hydrogen) atoms. The van der Waals surface area contributed by atoms with Crippen molar-refractivity contribution >= 4 is 5.90 Å². The van der Waals surface area contributed by atoms with Crippen molar-refractivity contribution in [3.63, 3.8) is 0 Å². The Hall–Kier alpha value is -0.700. The Morgan fingerprint density at radius 3 is 3.00 bits per heavy atom. The van der Waals surface area contributed by atoms with E-state index in [4.69, 9.17) is 7.80 Å². The van der Waals surface area contributed by atoms with E-state index in [1.807, 2.05) is 18.2 Å². The third-order valence-corrected chi connectivity index (χ3v) is 6.03.